The molecule has 0 aliphatic rings. The van der Waals surface area contributed by atoms with Crippen LogP contribution in [0.2, 0.25) is 0 Å². The van der Waals surface area contributed by atoms with Gasteiger partial charge in [-0.2, -0.15) is 13.2 Å². The van der Waals surface area contributed by atoms with Gasteiger partial charge in [0.2, 0.25) is 5.91 Å². The molecule has 2 aromatic carbocycles. The number of hydrogen-bond donors (Lipinski definition) is 1. The van der Waals surface area contributed by atoms with Crippen LogP contribution in [0.1, 0.15) is 11.1 Å². The molecular weight excluding hydrogens is 335 g/mol. The van der Waals surface area contributed by atoms with E-state index in [2.05, 4.69) is 5.32 Å². The van der Waals surface area contributed by atoms with E-state index in [-0.39, 0.29) is 5.69 Å². The molecule has 0 aromatic heterocycles. The number of nitrogens with one attached hydrogen (secondary N) is 1. The van der Waals surface area contributed by atoms with Gasteiger partial charge in [0.15, 0.2) is 0 Å². The first-order chi connectivity index (χ1) is 11.8. The standard InChI is InChI=1S/C18H16F3NO3/c1-24-13-9-7-12(16(11-13)25-2)8-10-17(23)22-15-6-4-3-5-14(15)18(19,20)21/h3-11H,1-2H3,(H,22,23). The predicted octanol–water partition coefficient (Wildman–Crippen LogP) is 4.37. The number of amides is 1. The van der Waals surface area contributed by atoms with Gasteiger partial charge in [0.05, 0.1) is 25.5 Å². The van der Waals surface area contributed by atoms with E-state index in [9.17, 15) is 18.0 Å². The Morgan fingerprint density at radius 1 is 1.08 bits per heavy atom. The second kappa shape index (κ2) is 7.74. The zero-order chi connectivity index (χ0) is 18.4. The largest absolute Gasteiger partial charge is 0.497 e. The maximum absolute atomic E-state index is 12.9. The van der Waals surface area contributed by atoms with E-state index in [1.807, 2.05) is 0 Å². The number of benzene rings is 2. The van der Waals surface area contributed by atoms with Crippen LogP contribution in [0.3, 0.4) is 0 Å². The molecule has 0 aliphatic carbocycles. The summed E-state index contributed by atoms with van der Waals surface area (Å²) < 4.78 is 49.0. The van der Waals surface area contributed by atoms with E-state index >= 15 is 0 Å². The van der Waals surface area contributed by atoms with Crippen LogP contribution in [0.15, 0.2) is 48.5 Å². The monoisotopic (exact) mass is 351 g/mol. The van der Waals surface area contributed by atoms with Gasteiger partial charge in [-0.1, -0.05) is 12.1 Å². The SMILES string of the molecule is COc1ccc(C=CC(=O)Nc2ccccc2C(F)(F)F)c(OC)c1. The lowest BCUT2D eigenvalue weighted by Gasteiger charge is -2.12. The fourth-order valence-electron chi connectivity index (χ4n) is 2.14. The van der Waals surface area contributed by atoms with Gasteiger partial charge in [-0.15, -0.1) is 0 Å². The summed E-state index contributed by atoms with van der Waals surface area (Å²) in [5.41, 5.74) is -0.618. The first-order valence-corrected chi connectivity index (χ1v) is 7.22. The Morgan fingerprint density at radius 2 is 1.80 bits per heavy atom. The van der Waals surface area contributed by atoms with Crippen molar-refractivity contribution in [3.8, 4) is 11.5 Å². The molecule has 25 heavy (non-hydrogen) atoms. The molecule has 0 aliphatic heterocycles. The lowest BCUT2D eigenvalue weighted by molar-refractivity contribution is -0.136. The van der Waals surface area contributed by atoms with E-state index < -0.39 is 17.6 Å². The van der Waals surface area contributed by atoms with E-state index in [4.69, 9.17) is 9.47 Å². The van der Waals surface area contributed by atoms with Crippen LogP contribution in [0.5, 0.6) is 11.5 Å². The Morgan fingerprint density at radius 3 is 2.44 bits per heavy atom. The van der Waals surface area contributed by atoms with Gasteiger partial charge in [-0.3, -0.25) is 4.79 Å². The molecule has 4 nitrogen and oxygen atoms in total. The van der Waals surface area contributed by atoms with E-state index in [1.165, 1.54) is 38.5 Å². The van der Waals surface area contributed by atoms with Gasteiger partial charge in [-0.25, -0.2) is 0 Å². The summed E-state index contributed by atoms with van der Waals surface area (Å²) >= 11 is 0. The summed E-state index contributed by atoms with van der Waals surface area (Å²) in [4.78, 5) is 12.0. The average molecular weight is 351 g/mol. The third-order valence-electron chi connectivity index (χ3n) is 3.35. The maximum Gasteiger partial charge on any atom is 0.418 e. The van der Waals surface area contributed by atoms with Crippen molar-refractivity contribution in [2.45, 2.75) is 6.18 Å². The summed E-state index contributed by atoms with van der Waals surface area (Å²) in [7, 11) is 2.97. The molecule has 2 aromatic rings. The molecule has 7 heteroatoms. The van der Waals surface area contributed by atoms with E-state index in [0.29, 0.717) is 17.1 Å². The Bertz CT molecular complexity index is 785. The Hall–Kier alpha value is -2.96. The highest BCUT2D eigenvalue weighted by Crippen LogP contribution is 2.34. The number of halogens is 3. The van der Waals surface area contributed by atoms with Crippen LogP contribution < -0.4 is 14.8 Å². The van der Waals surface area contributed by atoms with Gasteiger partial charge in [-0.05, 0) is 30.3 Å². The smallest absolute Gasteiger partial charge is 0.418 e. The van der Waals surface area contributed by atoms with Crippen LogP contribution in [-0.4, -0.2) is 20.1 Å². The van der Waals surface area contributed by atoms with Gasteiger partial charge in [0.25, 0.3) is 0 Å². The van der Waals surface area contributed by atoms with Crippen molar-refractivity contribution < 1.29 is 27.4 Å². The molecule has 2 rings (SSSR count). The van der Waals surface area contributed by atoms with Gasteiger partial charge >= 0.3 is 6.18 Å². The average Bonchev–Trinajstić information content (AvgIpc) is 2.59. The minimum atomic E-state index is -4.55. The molecule has 0 heterocycles. The number of methoxy groups -OCH3 is 2. The number of para-hydroxylation sites is 1. The summed E-state index contributed by atoms with van der Waals surface area (Å²) in [5, 5.41) is 2.24. The van der Waals surface area contributed by atoms with Crippen molar-refractivity contribution in [3.63, 3.8) is 0 Å². The molecule has 0 unspecified atom stereocenters. The van der Waals surface area contributed by atoms with Crippen LogP contribution in [-0.2, 0) is 11.0 Å². The number of hydrogen-bond acceptors (Lipinski definition) is 3. The highest BCUT2D eigenvalue weighted by molar-refractivity contribution is 6.02. The zero-order valence-electron chi connectivity index (χ0n) is 13.6. The number of ether oxygens (including phenoxy) is 2. The molecule has 0 saturated heterocycles. The highest BCUT2D eigenvalue weighted by Gasteiger charge is 2.33. The minimum absolute atomic E-state index is 0.300. The minimum Gasteiger partial charge on any atom is -0.497 e. The van der Waals surface area contributed by atoms with Crippen molar-refractivity contribution in [1.82, 2.24) is 0 Å². The first-order valence-electron chi connectivity index (χ1n) is 7.22. The Labute approximate surface area is 142 Å². The topological polar surface area (TPSA) is 47.6 Å². The number of carbonyl (C=O) groups is 1. The Kier molecular flexibility index (Phi) is 5.69. The zero-order valence-corrected chi connectivity index (χ0v) is 13.6. The highest BCUT2D eigenvalue weighted by atomic mass is 19.4. The van der Waals surface area contributed by atoms with Gasteiger partial charge in [0, 0.05) is 17.7 Å². The third kappa shape index (κ3) is 4.76. The summed E-state index contributed by atoms with van der Waals surface area (Å²) in [6, 6.07) is 9.77. The van der Waals surface area contributed by atoms with Gasteiger partial charge < -0.3 is 14.8 Å². The van der Waals surface area contributed by atoms with Crippen molar-refractivity contribution in [3.05, 3.63) is 59.7 Å². The molecule has 0 saturated carbocycles. The molecule has 0 spiro atoms. The molecule has 0 bridgehead atoms. The number of anilines is 1. The van der Waals surface area contributed by atoms with Crippen molar-refractivity contribution >= 4 is 17.7 Å². The summed E-state index contributed by atoms with van der Waals surface area (Å²) in [6.45, 7) is 0. The Balaban J connectivity index is 2.18. The molecule has 0 radical (unpaired) electrons. The predicted molar refractivity (Wildman–Crippen MR) is 88.7 cm³/mol. The van der Waals surface area contributed by atoms with Crippen LogP contribution >= 0.6 is 0 Å². The van der Waals surface area contributed by atoms with E-state index in [0.717, 1.165) is 12.1 Å². The van der Waals surface area contributed by atoms with Crippen molar-refractivity contribution in [2.24, 2.45) is 0 Å². The second-order valence-electron chi connectivity index (χ2n) is 4.97. The molecule has 0 fully saturated rings. The molecular formula is C18H16F3NO3. The summed E-state index contributed by atoms with van der Waals surface area (Å²) in [6.07, 6.45) is -1.96. The van der Waals surface area contributed by atoms with Gasteiger partial charge in [0.1, 0.15) is 11.5 Å². The lowest BCUT2D eigenvalue weighted by Crippen LogP contribution is -2.14. The normalized spacial score (nSPS) is 11.4. The van der Waals surface area contributed by atoms with Crippen molar-refractivity contribution in [1.29, 1.82) is 0 Å². The number of alkyl halides is 3. The molecule has 0 atom stereocenters. The number of carbonyl (C=O) groups excluding carboxylic acids is 1. The number of rotatable bonds is 5. The lowest BCUT2D eigenvalue weighted by atomic mass is 10.1. The van der Waals surface area contributed by atoms with Crippen LogP contribution in [0.25, 0.3) is 6.08 Å². The summed E-state index contributed by atoms with van der Waals surface area (Å²) in [5.74, 6) is 0.367. The maximum atomic E-state index is 12.9. The van der Waals surface area contributed by atoms with Crippen molar-refractivity contribution in [2.75, 3.05) is 19.5 Å². The molecule has 1 N–H and O–H groups in total. The quantitative estimate of drug-likeness (QED) is 0.814. The third-order valence-corrected chi connectivity index (χ3v) is 3.35. The fraction of sp³-hybridized carbons (Fsp3) is 0.167. The fourth-order valence-corrected chi connectivity index (χ4v) is 2.14. The first kappa shape index (κ1) is 18.4. The van der Waals surface area contributed by atoms with Crippen LogP contribution in [0, 0.1) is 0 Å². The molecule has 132 valence electrons. The molecule has 1 amide bonds. The van der Waals surface area contributed by atoms with E-state index in [1.54, 1.807) is 18.2 Å². The second-order valence-corrected chi connectivity index (χ2v) is 4.97. The van der Waals surface area contributed by atoms with Crippen LogP contribution in [0.4, 0.5) is 18.9 Å².